The number of aromatic amines is 1. The van der Waals surface area contributed by atoms with E-state index < -0.39 is 0 Å². The van der Waals surface area contributed by atoms with E-state index >= 15 is 0 Å². The molecule has 0 aliphatic carbocycles. The highest BCUT2D eigenvalue weighted by Crippen LogP contribution is 2.14. The first-order valence-electron chi connectivity index (χ1n) is 6.23. The lowest BCUT2D eigenvalue weighted by molar-refractivity contribution is 0.299. The molecule has 0 fully saturated rings. The largest absolute Gasteiger partial charge is 0.483 e. The number of H-pyrrole nitrogens is 1. The number of aryl methyl sites for hydroxylation is 1. The van der Waals surface area contributed by atoms with Gasteiger partial charge in [-0.15, -0.1) is 0 Å². The Kier molecular flexibility index (Phi) is 6.36. The van der Waals surface area contributed by atoms with Gasteiger partial charge in [0, 0.05) is 6.20 Å². The summed E-state index contributed by atoms with van der Waals surface area (Å²) in [4.78, 5) is 14.8. The van der Waals surface area contributed by atoms with Crippen molar-refractivity contribution >= 4 is 15.9 Å². The van der Waals surface area contributed by atoms with Crippen molar-refractivity contribution in [3.8, 4) is 5.75 Å². The zero-order chi connectivity index (χ0) is 14.3. The van der Waals surface area contributed by atoms with Crippen LogP contribution in [0.4, 0.5) is 0 Å². The topological polar surface area (TPSA) is 42.1 Å². The Balaban J connectivity index is 0.000000861. The van der Waals surface area contributed by atoms with Crippen LogP contribution in [0.5, 0.6) is 5.75 Å². The van der Waals surface area contributed by atoms with Crippen LogP contribution >= 0.6 is 15.9 Å². The van der Waals surface area contributed by atoms with E-state index in [1.54, 1.807) is 6.20 Å². The monoisotopic (exact) mass is 323 g/mol. The molecule has 1 heterocycles. The third-order valence-corrected chi connectivity index (χ3v) is 2.99. The van der Waals surface area contributed by atoms with Crippen LogP contribution in [0.2, 0.25) is 0 Å². The normalized spacial score (nSPS) is 9.47. The summed E-state index contributed by atoms with van der Waals surface area (Å²) >= 11 is 3.18. The van der Waals surface area contributed by atoms with Crippen molar-refractivity contribution < 1.29 is 4.74 Å². The summed E-state index contributed by atoms with van der Waals surface area (Å²) in [5, 5.41) is 0. The van der Waals surface area contributed by atoms with Gasteiger partial charge in [-0.2, -0.15) is 0 Å². The average molecular weight is 324 g/mol. The summed E-state index contributed by atoms with van der Waals surface area (Å²) in [6.45, 7) is 6.20. The molecule has 1 aromatic heterocycles. The van der Waals surface area contributed by atoms with E-state index in [9.17, 15) is 4.79 Å². The molecular weight excluding hydrogens is 306 g/mol. The number of halogens is 1. The maximum atomic E-state index is 11.8. The summed E-state index contributed by atoms with van der Waals surface area (Å²) in [5.41, 5.74) is 1.64. The lowest BCUT2D eigenvalue weighted by atomic mass is 10.2. The second-order valence-corrected chi connectivity index (χ2v) is 4.55. The fourth-order valence-electron chi connectivity index (χ4n) is 1.49. The van der Waals surface area contributed by atoms with Crippen molar-refractivity contribution in [1.29, 1.82) is 0 Å². The first-order chi connectivity index (χ1) is 9.18. The molecule has 19 heavy (non-hydrogen) atoms. The predicted molar refractivity (Wildman–Crippen MR) is 81.6 cm³/mol. The van der Waals surface area contributed by atoms with Crippen LogP contribution in [0, 0.1) is 6.92 Å². The first kappa shape index (κ1) is 15.5. The highest BCUT2D eigenvalue weighted by atomic mass is 79.9. The molecule has 2 aromatic rings. The second kappa shape index (κ2) is 7.79. The van der Waals surface area contributed by atoms with E-state index in [1.807, 2.05) is 51.1 Å². The number of nitrogens with one attached hydrogen (secondary N) is 1. The molecule has 0 amide bonds. The molecule has 0 atom stereocenters. The number of pyridine rings is 1. The van der Waals surface area contributed by atoms with Gasteiger partial charge in [0.05, 0.1) is 10.2 Å². The standard InChI is InChI=1S/C13H12BrNO2.C2H6/c1-9-13(12(16)11(14)7-15-9)17-8-10-5-3-2-4-6-10;1-2/h2-7H,8H2,1H3,(H,15,16);1-2H3. The number of rotatable bonds is 3. The van der Waals surface area contributed by atoms with E-state index in [0.717, 1.165) is 11.3 Å². The van der Waals surface area contributed by atoms with Crippen LogP contribution in [0.3, 0.4) is 0 Å². The van der Waals surface area contributed by atoms with E-state index in [1.165, 1.54) is 0 Å². The average Bonchev–Trinajstić information content (AvgIpc) is 2.46. The molecule has 102 valence electrons. The minimum Gasteiger partial charge on any atom is -0.483 e. The molecule has 0 bridgehead atoms. The Hall–Kier alpha value is -1.55. The Bertz CT molecular complexity index is 564. The second-order valence-electron chi connectivity index (χ2n) is 3.69. The summed E-state index contributed by atoms with van der Waals surface area (Å²) in [6.07, 6.45) is 1.62. The maximum absolute atomic E-state index is 11.8. The molecule has 3 nitrogen and oxygen atoms in total. The van der Waals surface area contributed by atoms with Crippen LogP contribution in [0.25, 0.3) is 0 Å². The Morgan fingerprint density at radius 1 is 1.21 bits per heavy atom. The van der Waals surface area contributed by atoms with Gasteiger partial charge in [0.1, 0.15) is 6.61 Å². The highest BCUT2D eigenvalue weighted by molar-refractivity contribution is 9.10. The van der Waals surface area contributed by atoms with Crippen LogP contribution in [0.15, 0.2) is 45.8 Å². The van der Waals surface area contributed by atoms with Crippen molar-refractivity contribution in [2.45, 2.75) is 27.4 Å². The number of hydrogen-bond donors (Lipinski definition) is 1. The van der Waals surface area contributed by atoms with Crippen LogP contribution in [-0.2, 0) is 6.61 Å². The van der Waals surface area contributed by atoms with E-state index in [0.29, 0.717) is 16.8 Å². The van der Waals surface area contributed by atoms with Crippen molar-refractivity contribution in [1.82, 2.24) is 4.98 Å². The Labute approximate surface area is 121 Å². The molecular formula is C15H18BrNO2. The molecule has 0 aliphatic rings. The fraction of sp³-hybridized carbons (Fsp3) is 0.267. The Morgan fingerprint density at radius 3 is 2.47 bits per heavy atom. The molecule has 0 spiro atoms. The van der Waals surface area contributed by atoms with Crippen LogP contribution < -0.4 is 10.2 Å². The lowest BCUT2D eigenvalue weighted by Gasteiger charge is -2.08. The molecule has 1 N–H and O–H groups in total. The van der Waals surface area contributed by atoms with Gasteiger partial charge in [0.2, 0.25) is 5.43 Å². The van der Waals surface area contributed by atoms with Gasteiger partial charge in [-0.25, -0.2) is 0 Å². The quantitative estimate of drug-likeness (QED) is 0.925. The predicted octanol–water partition coefficient (Wildman–Crippen LogP) is 4.05. The summed E-state index contributed by atoms with van der Waals surface area (Å²) in [6, 6.07) is 9.75. The van der Waals surface area contributed by atoms with Gasteiger partial charge in [-0.05, 0) is 28.4 Å². The van der Waals surface area contributed by atoms with Crippen molar-refractivity contribution in [3.63, 3.8) is 0 Å². The fourth-order valence-corrected chi connectivity index (χ4v) is 1.78. The van der Waals surface area contributed by atoms with Gasteiger partial charge in [0.15, 0.2) is 5.75 Å². The molecule has 0 saturated carbocycles. The Morgan fingerprint density at radius 2 is 1.84 bits per heavy atom. The van der Waals surface area contributed by atoms with Gasteiger partial charge >= 0.3 is 0 Å². The molecule has 0 radical (unpaired) electrons. The molecule has 1 aromatic carbocycles. The summed E-state index contributed by atoms with van der Waals surface area (Å²) in [7, 11) is 0. The van der Waals surface area contributed by atoms with E-state index in [2.05, 4.69) is 20.9 Å². The number of ether oxygens (including phenoxy) is 1. The maximum Gasteiger partial charge on any atom is 0.237 e. The lowest BCUT2D eigenvalue weighted by Crippen LogP contribution is -2.11. The van der Waals surface area contributed by atoms with Gasteiger partial charge < -0.3 is 9.72 Å². The van der Waals surface area contributed by atoms with E-state index in [-0.39, 0.29) is 5.43 Å². The summed E-state index contributed by atoms with van der Waals surface area (Å²) in [5.74, 6) is 0.364. The molecule has 0 saturated heterocycles. The smallest absolute Gasteiger partial charge is 0.237 e. The van der Waals surface area contributed by atoms with Gasteiger partial charge in [0.25, 0.3) is 0 Å². The van der Waals surface area contributed by atoms with Crippen LogP contribution in [-0.4, -0.2) is 4.98 Å². The third-order valence-electron chi connectivity index (χ3n) is 2.41. The number of benzene rings is 1. The third kappa shape index (κ3) is 4.24. The van der Waals surface area contributed by atoms with Crippen molar-refractivity contribution in [2.24, 2.45) is 0 Å². The minimum atomic E-state index is -0.128. The molecule has 2 rings (SSSR count). The van der Waals surface area contributed by atoms with E-state index in [4.69, 9.17) is 4.74 Å². The zero-order valence-corrected chi connectivity index (χ0v) is 13.0. The number of hydrogen-bond acceptors (Lipinski definition) is 2. The molecule has 0 unspecified atom stereocenters. The number of aromatic nitrogens is 1. The SMILES string of the molecule is CC.Cc1[nH]cc(Br)c(=O)c1OCc1ccccc1. The summed E-state index contributed by atoms with van der Waals surface area (Å²) < 4.78 is 6.04. The van der Waals surface area contributed by atoms with Crippen LogP contribution in [0.1, 0.15) is 25.1 Å². The zero-order valence-electron chi connectivity index (χ0n) is 11.4. The molecule has 0 aliphatic heterocycles. The van der Waals surface area contributed by atoms with Crippen molar-refractivity contribution in [3.05, 3.63) is 62.5 Å². The first-order valence-corrected chi connectivity index (χ1v) is 7.02. The van der Waals surface area contributed by atoms with Gasteiger partial charge in [-0.1, -0.05) is 44.2 Å². The van der Waals surface area contributed by atoms with Crippen molar-refractivity contribution in [2.75, 3.05) is 0 Å². The highest BCUT2D eigenvalue weighted by Gasteiger charge is 2.08. The minimum absolute atomic E-state index is 0.128. The molecule has 4 heteroatoms. The van der Waals surface area contributed by atoms with Gasteiger partial charge in [-0.3, -0.25) is 4.79 Å².